The number of rotatable bonds is 10. The summed E-state index contributed by atoms with van der Waals surface area (Å²) in [6.45, 7) is 3.17. The molecule has 1 amide bonds. The van der Waals surface area contributed by atoms with Gasteiger partial charge in [0.1, 0.15) is 12.6 Å². The number of hydrogen-bond donors (Lipinski definition) is 3. The molecule has 1 aliphatic carbocycles. The Kier molecular flexibility index (Phi) is 7.38. The number of benzene rings is 2. The number of carboxylic acids is 2. The summed E-state index contributed by atoms with van der Waals surface area (Å²) in [6.07, 6.45) is -1.22. The number of carbonyl (C=O) groups excluding carboxylic acids is 1. The van der Waals surface area contributed by atoms with E-state index >= 15 is 0 Å². The normalized spacial score (nSPS) is 15.1. The van der Waals surface area contributed by atoms with Crippen LogP contribution in [-0.4, -0.2) is 63.0 Å². The van der Waals surface area contributed by atoms with Gasteiger partial charge in [-0.1, -0.05) is 55.5 Å². The van der Waals surface area contributed by atoms with Gasteiger partial charge in [0, 0.05) is 12.5 Å². The largest absolute Gasteiger partial charge is 0.481 e. The van der Waals surface area contributed by atoms with Crippen LogP contribution >= 0.6 is 0 Å². The highest BCUT2D eigenvalue weighted by atomic mass is 16.6. The van der Waals surface area contributed by atoms with Crippen molar-refractivity contribution in [1.82, 2.24) is 4.90 Å². The van der Waals surface area contributed by atoms with E-state index in [0.29, 0.717) is 6.42 Å². The molecule has 8 heteroatoms. The molecule has 0 bridgehead atoms. The Labute approximate surface area is 192 Å². The maximum absolute atomic E-state index is 13.0. The molecule has 2 aromatic carbocycles. The van der Waals surface area contributed by atoms with E-state index in [0.717, 1.165) is 27.2 Å². The third-order valence-corrected chi connectivity index (χ3v) is 6.25. The van der Waals surface area contributed by atoms with Crippen molar-refractivity contribution in [3.8, 4) is 11.1 Å². The molecule has 3 rings (SSSR count). The first-order valence-electron chi connectivity index (χ1n) is 10.9. The van der Waals surface area contributed by atoms with E-state index in [1.165, 1.54) is 0 Å². The predicted molar refractivity (Wildman–Crippen MR) is 121 cm³/mol. The second-order valence-electron chi connectivity index (χ2n) is 8.55. The van der Waals surface area contributed by atoms with Gasteiger partial charge >= 0.3 is 18.0 Å². The van der Waals surface area contributed by atoms with Crippen LogP contribution in [0.5, 0.6) is 0 Å². The monoisotopic (exact) mass is 455 g/mol. The third-order valence-electron chi connectivity index (χ3n) is 6.25. The summed E-state index contributed by atoms with van der Waals surface area (Å²) in [5, 5.41) is 29.1. The summed E-state index contributed by atoms with van der Waals surface area (Å²) in [4.78, 5) is 37.0. The summed E-state index contributed by atoms with van der Waals surface area (Å²) in [7, 11) is 0. The van der Waals surface area contributed by atoms with Crippen molar-refractivity contribution in [1.29, 1.82) is 0 Å². The summed E-state index contributed by atoms with van der Waals surface area (Å²) in [5.41, 5.74) is 2.99. The second kappa shape index (κ2) is 10.0. The van der Waals surface area contributed by atoms with Gasteiger partial charge in [-0.05, 0) is 42.0 Å². The number of aliphatic carboxylic acids is 2. The molecule has 0 saturated carbocycles. The topological polar surface area (TPSA) is 124 Å². The number of carboxylic acid groups (broad SMARTS) is 2. The number of aliphatic hydroxyl groups is 1. The quantitative estimate of drug-likeness (QED) is 0.499. The fourth-order valence-electron chi connectivity index (χ4n) is 4.09. The van der Waals surface area contributed by atoms with E-state index in [2.05, 4.69) is 0 Å². The molecule has 3 N–H and O–H groups in total. The molecule has 0 saturated heterocycles. The van der Waals surface area contributed by atoms with Crippen LogP contribution < -0.4 is 0 Å². The lowest BCUT2D eigenvalue weighted by Crippen LogP contribution is -2.48. The maximum atomic E-state index is 13.0. The van der Waals surface area contributed by atoms with Gasteiger partial charge < -0.3 is 20.1 Å². The van der Waals surface area contributed by atoms with E-state index in [4.69, 9.17) is 9.84 Å². The summed E-state index contributed by atoms with van der Waals surface area (Å²) >= 11 is 0. The first-order chi connectivity index (χ1) is 15.6. The molecule has 0 fully saturated rings. The van der Waals surface area contributed by atoms with Crippen molar-refractivity contribution in [2.75, 3.05) is 13.2 Å². The number of nitrogens with zero attached hydrogens (tertiary/aromatic N) is 1. The average molecular weight is 456 g/mol. The molecule has 33 heavy (non-hydrogen) atoms. The Morgan fingerprint density at radius 2 is 1.58 bits per heavy atom. The smallest absolute Gasteiger partial charge is 0.410 e. The van der Waals surface area contributed by atoms with Gasteiger partial charge in [-0.25, -0.2) is 9.59 Å². The molecule has 0 spiro atoms. The van der Waals surface area contributed by atoms with Crippen molar-refractivity contribution in [2.45, 2.75) is 50.7 Å². The lowest BCUT2D eigenvalue weighted by atomic mass is 9.98. The van der Waals surface area contributed by atoms with Crippen molar-refractivity contribution in [2.24, 2.45) is 0 Å². The molecule has 0 aliphatic heterocycles. The molecular formula is C25H29NO7. The van der Waals surface area contributed by atoms with Gasteiger partial charge in [0.2, 0.25) is 0 Å². The SMILES string of the molecule is CCC(C)(O)CCN(C(=O)OCC1c2ccccc2-c2ccccc21)[C@@H](CC(=O)O)C(=O)O. The van der Waals surface area contributed by atoms with Crippen molar-refractivity contribution < 1.29 is 34.4 Å². The van der Waals surface area contributed by atoms with Crippen LogP contribution in [0.3, 0.4) is 0 Å². The van der Waals surface area contributed by atoms with E-state index in [9.17, 15) is 24.6 Å². The van der Waals surface area contributed by atoms with Gasteiger partial charge in [-0.2, -0.15) is 0 Å². The Bertz CT molecular complexity index is 987. The summed E-state index contributed by atoms with van der Waals surface area (Å²) in [6, 6.07) is 14.0. The zero-order valence-corrected chi connectivity index (χ0v) is 18.7. The summed E-state index contributed by atoms with van der Waals surface area (Å²) in [5.74, 6) is -3.01. The minimum absolute atomic E-state index is 0.0209. The van der Waals surface area contributed by atoms with Gasteiger partial charge in [-0.3, -0.25) is 9.69 Å². The van der Waals surface area contributed by atoms with Crippen molar-refractivity contribution >= 4 is 18.0 Å². The predicted octanol–water partition coefficient (Wildman–Crippen LogP) is 3.72. The van der Waals surface area contributed by atoms with E-state index in [1.807, 2.05) is 48.5 Å². The molecule has 8 nitrogen and oxygen atoms in total. The number of ether oxygens (including phenoxy) is 1. The van der Waals surface area contributed by atoms with Crippen LogP contribution in [0, 0.1) is 0 Å². The van der Waals surface area contributed by atoms with Crippen LogP contribution in [0.2, 0.25) is 0 Å². The highest BCUT2D eigenvalue weighted by Gasteiger charge is 2.36. The molecule has 0 heterocycles. The number of fused-ring (bicyclic) bond motifs is 3. The van der Waals surface area contributed by atoms with Gasteiger partial charge in [-0.15, -0.1) is 0 Å². The van der Waals surface area contributed by atoms with Crippen LogP contribution in [0.4, 0.5) is 4.79 Å². The van der Waals surface area contributed by atoms with Crippen LogP contribution in [-0.2, 0) is 14.3 Å². The lowest BCUT2D eigenvalue weighted by molar-refractivity contribution is -0.149. The Balaban J connectivity index is 1.82. The van der Waals surface area contributed by atoms with Crippen LogP contribution in [0.15, 0.2) is 48.5 Å². The zero-order valence-electron chi connectivity index (χ0n) is 18.7. The molecule has 176 valence electrons. The fourth-order valence-corrected chi connectivity index (χ4v) is 4.09. The fraction of sp³-hybridized carbons (Fsp3) is 0.400. The average Bonchev–Trinajstić information content (AvgIpc) is 3.10. The minimum atomic E-state index is -1.61. The van der Waals surface area contributed by atoms with E-state index in [-0.39, 0.29) is 25.5 Å². The first-order valence-corrected chi connectivity index (χ1v) is 10.9. The molecular weight excluding hydrogens is 426 g/mol. The highest BCUT2D eigenvalue weighted by Crippen LogP contribution is 2.44. The molecule has 0 radical (unpaired) electrons. The minimum Gasteiger partial charge on any atom is -0.481 e. The second-order valence-corrected chi connectivity index (χ2v) is 8.55. The van der Waals surface area contributed by atoms with Crippen LogP contribution in [0.1, 0.15) is 50.2 Å². The Morgan fingerprint density at radius 3 is 2.06 bits per heavy atom. The van der Waals surface area contributed by atoms with E-state index < -0.39 is 36.1 Å². The van der Waals surface area contributed by atoms with Gasteiger partial charge in [0.05, 0.1) is 12.0 Å². The highest BCUT2D eigenvalue weighted by molar-refractivity contribution is 5.85. The van der Waals surface area contributed by atoms with Crippen molar-refractivity contribution in [3.05, 3.63) is 59.7 Å². The maximum Gasteiger partial charge on any atom is 0.410 e. The van der Waals surface area contributed by atoms with E-state index in [1.54, 1.807) is 13.8 Å². The third kappa shape index (κ3) is 5.51. The Hall–Kier alpha value is -3.39. The van der Waals surface area contributed by atoms with Gasteiger partial charge in [0.15, 0.2) is 0 Å². The molecule has 0 aromatic heterocycles. The number of carbonyl (C=O) groups is 3. The van der Waals surface area contributed by atoms with Gasteiger partial charge in [0.25, 0.3) is 0 Å². The number of amides is 1. The zero-order chi connectivity index (χ0) is 24.2. The van der Waals surface area contributed by atoms with Crippen molar-refractivity contribution in [3.63, 3.8) is 0 Å². The first kappa shape index (κ1) is 24.3. The molecule has 1 aliphatic rings. The summed E-state index contributed by atoms with van der Waals surface area (Å²) < 4.78 is 5.56. The molecule has 2 atom stereocenters. The molecule has 2 aromatic rings. The van der Waals surface area contributed by atoms with Crippen LogP contribution in [0.25, 0.3) is 11.1 Å². The lowest BCUT2D eigenvalue weighted by Gasteiger charge is -2.31. The Morgan fingerprint density at radius 1 is 1.03 bits per heavy atom. The molecule has 1 unspecified atom stereocenters. The standard InChI is InChI=1S/C25H29NO7/c1-3-25(2,32)12-13-26(21(23(29)30)14-22(27)28)24(31)33-15-20-18-10-6-4-8-16(18)17-9-5-7-11-19(17)20/h4-11,20-21,32H,3,12-15H2,1-2H3,(H,27,28)(H,29,30)/t21-,25?/m0/s1. The number of hydrogen-bond acceptors (Lipinski definition) is 5.